The van der Waals surface area contributed by atoms with Crippen molar-refractivity contribution in [3.05, 3.63) is 47.9 Å². The fraction of sp³-hybridized carbons (Fsp3) is 0.588. The summed E-state index contributed by atoms with van der Waals surface area (Å²) >= 11 is 1.75. The predicted molar refractivity (Wildman–Crippen MR) is 191 cm³/mol. The van der Waals surface area contributed by atoms with Crippen LogP contribution in [0.5, 0.6) is 0 Å². The van der Waals surface area contributed by atoms with Gasteiger partial charge in [-0.25, -0.2) is 14.7 Å². The zero-order valence-corrected chi connectivity index (χ0v) is 29.4. The van der Waals surface area contributed by atoms with E-state index in [1.807, 2.05) is 42.1 Å². The lowest BCUT2D eigenvalue weighted by Crippen LogP contribution is -2.51. The number of rotatable bonds is 18. The lowest BCUT2D eigenvalue weighted by Gasteiger charge is -2.27. The zero-order valence-electron chi connectivity index (χ0n) is 27.8. The molecule has 2 aliphatic carbocycles. The monoisotopic (exact) mass is 656 g/mol. The summed E-state index contributed by atoms with van der Waals surface area (Å²) in [6, 6.07) is 7.23. The Morgan fingerprint density at radius 2 is 1.82 bits per heavy atom. The second kappa shape index (κ2) is 16.2. The van der Waals surface area contributed by atoms with E-state index < -0.39 is 16.1 Å². The molecule has 2 aliphatic rings. The lowest BCUT2D eigenvalue weighted by molar-refractivity contribution is -0.124. The molecule has 45 heavy (non-hydrogen) atoms. The van der Waals surface area contributed by atoms with Gasteiger partial charge in [0.25, 0.3) is 5.91 Å². The summed E-state index contributed by atoms with van der Waals surface area (Å²) < 4.78 is 7.86. The number of carbonyl (C=O) groups is 2. The van der Waals surface area contributed by atoms with E-state index in [2.05, 4.69) is 41.3 Å². The van der Waals surface area contributed by atoms with Crippen molar-refractivity contribution >= 4 is 45.0 Å². The number of anilines is 1. The molecule has 2 amide bonds. The molecule has 0 radical (unpaired) electrons. The van der Waals surface area contributed by atoms with Crippen molar-refractivity contribution in [3.63, 3.8) is 0 Å². The van der Waals surface area contributed by atoms with Crippen LogP contribution in [0.1, 0.15) is 43.5 Å². The molecule has 2 aromatic rings. The van der Waals surface area contributed by atoms with Crippen LogP contribution in [0.2, 0.25) is 0 Å². The maximum atomic E-state index is 13.9. The van der Waals surface area contributed by atoms with Crippen LogP contribution in [0, 0.1) is 31.6 Å². The van der Waals surface area contributed by atoms with Gasteiger partial charge in [-0.2, -0.15) is 16.9 Å². The van der Waals surface area contributed by atoms with Gasteiger partial charge in [-0.1, -0.05) is 12.1 Å². The molecular weight excluding hydrogens is 605 g/mol. The molecule has 2 saturated carbocycles. The number of nitrogens with zero attached hydrogens (tertiary/aromatic N) is 3. The molecule has 4 N–H and O–H groups in total. The van der Waals surface area contributed by atoms with Crippen molar-refractivity contribution in [3.8, 4) is 11.1 Å². The standard InChI is InChI=1S/C34H52N6O3S2/c1-23-30(24(2)40(39-23)22-43-19-21-45(4,5)6)25-12-14-28(15-13-25)37-34(42)32(31(26-8-9-26)27-10-11-27)38-33(41)29(16-17-35)36-18-7-20-44-3/h12-17,26-27,31-32H,7-11,18-22,35H2,1-6H3,(H,37,42)(H,38,41). The Bertz CT molecular complexity index is 1350. The van der Waals surface area contributed by atoms with E-state index in [1.54, 1.807) is 11.8 Å². The van der Waals surface area contributed by atoms with Crippen molar-refractivity contribution in [1.29, 1.82) is 0 Å². The van der Waals surface area contributed by atoms with Gasteiger partial charge in [-0.15, -0.1) is 0 Å². The van der Waals surface area contributed by atoms with E-state index >= 15 is 0 Å². The van der Waals surface area contributed by atoms with Gasteiger partial charge in [0.2, 0.25) is 5.91 Å². The average Bonchev–Trinajstić information content (AvgIpc) is 3.93. The molecule has 1 aromatic carbocycles. The van der Waals surface area contributed by atoms with Crippen LogP contribution in [0.15, 0.2) is 41.5 Å². The quantitative estimate of drug-likeness (QED) is 0.147. The maximum absolute atomic E-state index is 13.9. The summed E-state index contributed by atoms with van der Waals surface area (Å²) in [5.41, 5.74) is 10.7. The van der Waals surface area contributed by atoms with Crippen LogP contribution in [-0.2, 0) is 21.1 Å². The van der Waals surface area contributed by atoms with Crippen LogP contribution in [0.25, 0.3) is 11.1 Å². The maximum Gasteiger partial charge on any atom is 0.270 e. The van der Waals surface area contributed by atoms with Gasteiger partial charge in [0, 0.05) is 29.2 Å². The Hall–Kier alpha value is -2.76. The lowest BCUT2D eigenvalue weighted by atomic mass is 9.88. The number of thioether (sulfide) groups is 1. The number of hydrogen-bond acceptors (Lipinski definition) is 7. The number of aromatic nitrogens is 2. The summed E-state index contributed by atoms with van der Waals surface area (Å²) in [5.74, 6) is 2.54. The van der Waals surface area contributed by atoms with Crippen molar-refractivity contribution in [1.82, 2.24) is 15.1 Å². The predicted octanol–water partition coefficient (Wildman–Crippen LogP) is 5.36. The fourth-order valence-corrected chi connectivity index (χ4v) is 6.82. The van der Waals surface area contributed by atoms with Gasteiger partial charge < -0.3 is 21.1 Å². The highest BCUT2D eigenvalue weighted by atomic mass is 32.3. The van der Waals surface area contributed by atoms with Crippen LogP contribution >= 0.6 is 21.8 Å². The first-order valence-corrected chi connectivity index (χ1v) is 20.4. The third kappa shape index (κ3) is 10.4. The minimum atomic E-state index is -0.637. The minimum absolute atomic E-state index is 0.121. The third-order valence-corrected chi connectivity index (χ3v) is 10.5. The zero-order chi connectivity index (χ0) is 32.6. The number of benzene rings is 1. The van der Waals surface area contributed by atoms with Gasteiger partial charge >= 0.3 is 0 Å². The first-order chi connectivity index (χ1) is 21.5. The Labute approximate surface area is 274 Å². The Morgan fingerprint density at radius 1 is 1.16 bits per heavy atom. The average molecular weight is 657 g/mol. The number of nitrogens with one attached hydrogen (secondary N) is 2. The normalized spacial score (nSPS) is 16.7. The van der Waals surface area contributed by atoms with Gasteiger partial charge in [-0.3, -0.25) is 14.6 Å². The van der Waals surface area contributed by atoms with E-state index in [9.17, 15) is 9.59 Å². The second-order valence-corrected chi connectivity index (χ2v) is 18.7. The molecule has 4 rings (SSSR count). The highest BCUT2D eigenvalue weighted by Gasteiger charge is 2.48. The highest BCUT2D eigenvalue weighted by Crippen LogP contribution is 2.51. The molecule has 0 spiro atoms. The van der Waals surface area contributed by atoms with Crippen LogP contribution < -0.4 is 16.4 Å². The van der Waals surface area contributed by atoms with Gasteiger partial charge in [0.05, 0.1) is 12.3 Å². The molecule has 0 saturated heterocycles. The van der Waals surface area contributed by atoms with Crippen molar-refractivity contribution in [2.75, 3.05) is 55.0 Å². The van der Waals surface area contributed by atoms with Gasteiger partial charge in [0.1, 0.15) is 18.5 Å². The summed E-state index contributed by atoms with van der Waals surface area (Å²) in [5, 5.41) is 10.9. The molecule has 0 aliphatic heterocycles. The van der Waals surface area contributed by atoms with E-state index in [4.69, 9.17) is 15.6 Å². The molecule has 248 valence electrons. The SMILES string of the molecule is CSCCCN=C(C=CN)C(=O)NC(C(=O)Nc1ccc(-c2c(C)nn(COCCS(C)(C)C)c2C)cc1)C(C1CC1)C1CC1. The molecular formula is C34H52N6O3S2. The molecule has 11 heteroatoms. The van der Waals surface area contributed by atoms with Crippen molar-refractivity contribution in [2.45, 2.75) is 58.7 Å². The molecule has 1 aromatic heterocycles. The Balaban J connectivity index is 1.46. The van der Waals surface area contributed by atoms with E-state index in [0.717, 1.165) is 72.7 Å². The summed E-state index contributed by atoms with van der Waals surface area (Å²) in [7, 11) is -0.597. The number of aliphatic imine (C=N–C) groups is 1. The molecule has 1 atom stereocenters. The van der Waals surface area contributed by atoms with E-state index in [-0.39, 0.29) is 23.4 Å². The molecule has 2 fully saturated rings. The summed E-state index contributed by atoms with van der Waals surface area (Å²) in [6.07, 6.45) is 17.0. The van der Waals surface area contributed by atoms with Crippen molar-refractivity contribution in [2.24, 2.45) is 28.5 Å². The molecule has 1 heterocycles. The number of hydrogen-bond donors (Lipinski definition) is 3. The number of amides is 2. The molecule has 9 nitrogen and oxygen atoms in total. The van der Waals surface area contributed by atoms with Crippen LogP contribution in [-0.4, -0.2) is 83.0 Å². The smallest absolute Gasteiger partial charge is 0.270 e. The topological polar surface area (TPSA) is 124 Å². The summed E-state index contributed by atoms with van der Waals surface area (Å²) in [4.78, 5) is 31.7. The third-order valence-electron chi connectivity index (χ3n) is 8.44. The Kier molecular flexibility index (Phi) is 12.6. The largest absolute Gasteiger partial charge is 0.405 e. The van der Waals surface area contributed by atoms with Crippen LogP contribution in [0.3, 0.4) is 0 Å². The first-order valence-electron chi connectivity index (χ1n) is 15.9. The highest BCUT2D eigenvalue weighted by molar-refractivity contribution is 8.32. The number of ether oxygens (including phenoxy) is 1. The number of carbonyl (C=O) groups excluding carboxylic acids is 2. The number of nitrogens with two attached hydrogens (primary N) is 1. The first kappa shape index (κ1) is 35.1. The Morgan fingerprint density at radius 3 is 2.40 bits per heavy atom. The molecule has 1 unspecified atom stereocenters. The fourth-order valence-electron chi connectivity index (χ4n) is 5.78. The van der Waals surface area contributed by atoms with Gasteiger partial charge in [-0.05, 0) is 124 Å². The summed E-state index contributed by atoms with van der Waals surface area (Å²) in [6.45, 7) is 5.76. The van der Waals surface area contributed by atoms with Gasteiger partial charge in [0.15, 0.2) is 0 Å². The van der Waals surface area contributed by atoms with Crippen LogP contribution in [0.4, 0.5) is 5.69 Å². The minimum Gasteiger partial charge on any atom is -0.405 e. The van der Waals surface area contributed by atoms with E-state index in [0.29, 0.717) is 30.8 Å². The van der Waals surface area contributed by atoms with Crippen molar-refractivity contribution < 1.29 is 14.3 Å². The number of aryl methyl sites for hydroxylation is 1. The second-order valence-electron chi connectivity index (χ2n) is 13.1. The molecule has 0 bridgehead atoms. The van der Waals surface area contributed by atoms with E-state index in [1.165, 1.54) is 12.3 Å².